The van der Waals surface area contributed by atoms with Crippen LogP contribution in [-0.4, -0.2) is 55.4 Å². The van der Waals surface area contributed by atoms with Crippen molar-refractivity contribution >= 4 is 5.69 Å². The van der Waals surface area contributed by atoms with Crippen LogP contribution in [0, 0.1) is 19.7 Å². The predicted molar refractivity (Wildman–Crippen MR) is 102 cm³/mol. The van der Waals surface area contributed by atoms with Crippen LogP contribution in [0.15, 0.2) is 42.5 Å². The highest BCUT2D eigenvalue weighted by molar-refractivity contribution is 5.48. The number of halogens is 1. The van der Waals surface area contributed by atoms with E-state index in [1.165, 1.54) is 6.07 Å². The lowest BCUT2D eigenvalue weighted by atomic mass is 10.1. The molecule has 0 spiro atoms. The summed E-state index contributed by atoms with van der Waals surface area (Å²) in [6.07, 6.45) is -0.546. The summed E-state index contributed by atoms with van der Waals surface area (Å²) in [5.41, 5.74) is 2.96. The summed E-state index contributed by atoms with van der Waals surface area (Å²) >= 11 is 0. The lowest BCUT2D eigenvalue weighted by molar-refractivity contribution is 0.0662. The second-order valence-electron chi connectivity index (χ2n) is 7.03. The van der Waals surface area contributed by atoms with Crippen molar-refractivity contribution < 1.29 is 14.2 Å². The van der Waals surface area contributed by atoms with Gasteiger partial charge in [0.1, 0.15) is 24.3 Å². The van der Waals surface area contributed by atoms with Crippen LogP contribution in [0.1, 0.15) is 11.1 Å². The Hall–Kier alpha value is -2.11. The second-order valence-corrected chi connectivity index (χ2v) is 7.03. The van der Waals surface area contributed by atoms with Crippen molar-refractivity contribution in [3.8, 4) is 5.75 Å². The highest BCUT2D eigenvalue weighted by Gasteiger charge is 2.21. The van der Waals surface area contributed by atoms with Crippen molar-refractivity contribution in [1.82, 2.24) is 4.90 Å². The van der Waals surface area contributed by atoms with Gasteiger partial charge < -0.3 is 14.7 Å². The molecule has 1 unspecified atom stereocenters. The molecule has 0 saturated carbocycles. The number of β-amino-alcohol motifs (C(OH)–C–C–N with tert-alkyl or cyclic N) is 1. The van der Waals surface area contributed by atoms with E-state index < -0.39 is 6.10 Å². The van der Waals surface area contributed by atoms with Crippen LogP contribution >= 0.6 is 0 Å². The van der Waals surface area contributed by atoms with Gasteiger partial charge in [-0.1, -0.05) is 18.2 Å². The van der Waals surface area contributed by atoms with E-state index in [1.54, 1.807) is 6.07 Å². The molecule has 3 rings (SSSR count). The minimum absolute atomic E-state index is 0.178. The van der Waals surface area contributed by atoms with Gasteiger partial charge in [-0.2, -0.15) is 0 Å². The van der Waals surface area contributed by atoms with Crippen LogP contribution in [-0.2, 0) is 0 Å². The van der Waals surface area contributed by atoms with E-state index in [-0.39, 0.29) is 12.4 Å². The molecular weight excluding hydrogens is 331 g/mol. The number of ether oxygens (including phenoxy) is 1. The maximum absolute atomic E-state index is 13.9. The van der Waals surface area contributed by atoms with Gasteiger partial charge in [-0.15, -0.1) is 0 Å². The fourth-order valence-corrected chi connectivity index (χ4v) is 3.44. The molecule has 2 aromatic carbocycles. The first-order valence-corrected chi connectivity index (χ1v) is 9.12. The summed E-state index contributed by atoms with van der Waals surface area (Å²) in [5.74, 6) is 0.619. The molecule has 1 atom stereocenters. The van der Waals surface area contributed by atoms with Crippen molar-refractivity contribution in [2.75, 3.05) is 44.2 Å². The molecule has 0 aliphatic carbocycles. The summed E-state index contributed by atoms with van der Waals surface area (Å²) in [5, 5.41) is 10.3. The predicted octanol–water partition coefficient (Wildman–Crippen LogP) is 3.00. The minimum Gasteiger partial charge on any atom is -0.491 e. The number of aliphatic hydroxyl groups is 1. The monoisotopic (exact) mass is 358 g/mol. The van der Waals surface area contributed by atoms with Crippen LogP contribution in [0.4, 0.5) is 10.1 Å². The van der Waals surface area contributed by atoms with Crippen LogP contribution in [0.25, 0.3) is 0 Å². The lowest BCUT2D eigenvalue weighted by Gasteiger charge is -2.36. The third kappa shape index (κ3) is 4.96. The molecule has 0 radical (unpaired) electrons. The Bertz CT molecular complexity index is 709. The standard InChI is InChI=1S/C21H27FN2O2/c1-16-11-17(2)13-19(12-16)26-15-18(25)14-23-7-9-24(10-8-23)21-6-4-3-5-20(21)22/h3-6,11-13,18,25H,7-10,14-15H2,1-2H3. The Morgan fingerprint density at radius 2 is 1.69 bits per heavy atom. The number of aryl methyl sites for hydroxylation is 2. The van der Waals surface area contributed by atoms with Gasteiger partial charge in [-0.25, -0.2) is 4.39 Å². The third-order valence-electron chi connectivity index (χ3n) is 4.67. The molecule has 26 heavy (non-hydrogen) atoms. The highest BCUT2D eigenvalue weighted by Crippen LogP contribution is 2.20. The number of nitrogens with zero attached hydrogens (tertiary/aromatic N) is 2. The molecular formula is C21H27FN2O2. The van der Waals surface area contributed by atoms with E-state index in [9.17, 15) is 9.50 Å². The third-order valence-corrected chi connectivity index (χ3v) is 4.67. The molecule has 0 bridgehead atoms. The van der Waals surface area contributed by atoms with Crippen molar-refractivity contribution in [3.05, 3.63) is 59.4 Å². The molecule has 1 aliphatic heterocycles. The highest BCUT2D eigenvalue weighted by atomic mass is 19.1. The quantitative estimate of drug-likeness (QED) is 0.861. The van der Waals surface area contributed by atoms with Crippen molar-refractivity contribution in [1.29, 1.82) is 0 Å². The first-order chi connectivity index (χ1) is 12.5. The number of anilines is 1. The van der Waals surface area contributed by atoms with E-state index in [2.05, 4.69) is 15.9 Å². The summed E-state index contributed by atoms with van der Waals surface area (Å²) in [6, 6.07) is 12.9. The van der Waals surface area contributed by atoms with E-state index in [0.29, 0.717) is 12.2 Å². The molecule has 0 aromatic heterocycles. The molecule has 4 nitrogen and oxygen atoms in total. The molecule has 1 saturated heterocycles. The number of rotatable bonds is 6. The Kier molecular flexibility index (Phi) is 6.12. The fourth-order valence-electron chi connectivity index (χ4n) is 3.44. The minimum atomic E-state index is -0.546. The average Bonchev–Trinajstić information content (AvgIpc) is 2.60. The Labute approximate surface area is 154 Å². The Morgan fingerprint density at radius 1 is 1.04 bits per heavy atom. The molecule has 1 fully saturated rings. The van der Waals surface area contributed by atoms with Crippen LogP contribution in [0.3, 0.4) is 0 Å². The van der Waals surface area contributed by atoms with Gasteiger partial charge in [0, 0.05) is 32.7 Å². The Morgan fingerprint density at radius 3 is 2.35 bits per heavy atom. The van der Waals surface area contributed by atoms with Gasteiger partial charge in [0.25, 0.3) is 0 Å². The molecule has 140 valence electrons. The van der Waals surface area contributed by atoms with E-state index in [4.69, 9.17) is 4.74 Å². The normalized spacial score (nSPS) is 16.5. The number of hydrogen-bond acceptors (Lipinski definition) is 4. The van der Waals surface area contributed by atoms with Gasteiger partial charge in [0.15, 0.2) is 0 Å². The van der Waals surface area contributed by atoms with Crippen LogP contribution in [0.2, 0.25) is 0 Å². The molecule has 0 amide bonds. The lowest BCUT2D eigenvalue weighted by Crippen LogP contribution is -2.49. The fraction of sp³-hybridized carbons (Fsp3) is 0.429. The molecule has 2 aromatic rings. The zero-order valence-electron chi connectivity index (χ0n) is 15.5. The maximum atomic E-state index is 13.9. The van der Waals surface area contributed by atoms with Gasteiger partial charge in [-0.05, 0) is 49.2 Å². The zero-order valence-corrected chi connectivity index (χ0v) is 15.5. The first kappa shape index (κ1) is 18.7. The zero-order chi connectivity index (χ0) is 18.5. The Balaban J connectivity index is 1.44. The molecule has 5 heteroatoms. The SMILES string of the molecule is Cc1cc(C)cc(OCC(O)CN2CCN(c3ccccc3F)CC2)c1. The van der Waals surface area contributed by atoms with Gasteiger partial charge in [0.2, 0.25) is 0 Å². The second kappa shape index (κ2) is 8.52. The maximum Gasteiger partial charge on any atom is 0.146 e. The molecule has 1 N–H and O–H groups in total. The first-order valence-electron chi connectivity index (χ1n) is 9.12. The van der Waals surface area contributed by atoms with Gasteiger partial charge in [0.05, 0.1) is 5.69 Å². The van der Waals surface area contributed by atoms with Crippen molar-refractivity contribution in [3.63, 3.8) is 0 Å². The number of benzene rings is 2. The van der Waals surface area contributed by atoms with Crippen molar-refractivity contribution in [2.45, 2.75) is 20.0 Å². The molecule has 1 heterocycles. The van der Waals surface area contributed by atoms with E-state index in [1.807, 2.05) is 38.1 Å². The molecule has 1 aliphatic rings. The largest absolute Gasteiger partial charge is 0.491 e. The van der Waals surface area contributed by atoms with Gasteiger partial charge in [-0.3, -0.25) is 4.90 Å². The summed E-state index contributed by atoms with van der Waals surface area (Å²) in [6.45, 7) is 8.02. The number of hydrogen-bond donors (Lipinski definition) is 1. The topological polar surface area (TPSA) is 35.9 Å². The van der Waals surface area contributed by atoms with Crippen molar-refractivity contribution in [2.24, 2.45) is 0 Å². The van der Waals surface area contributed by atoms with Crippen LogP contribution in [0.5, 0.6) is 5.75 Å². The number of para-hydroxylation sites is 1. The number of aliphatic hydroxyl groups excluding tert-OH is 1. The van der Waals surface area contributed by atoms with Gasteiger partial charge >= 0.3 is 0 Å². The van der Waals surface area contributed by atoms with E-state index >= 15 is 0 Å². The summed E-state index contributed by atoms with van der Waals surface area (Å²) in [4.78, 5) is 4.26. The summed E-state index contributed by atoms with van der Waals surface area (Å²) < 4.78 is 19.6. The van der Waals surface area contributed by atoms with E-state index in [0.717, 1.165) is 43.1 Å². The number of piperazine rings is 1. The smallest absolute Gasteiger partial charge is 0.146 e. The average molecular weight is 358 g/mol. The summed E-state index contributed by atoms with van der Waals surface area (Å²) in [7, 11) is 0. The van der Waals surface area contributed by atoms with Crippen LogP contribution < -0.4 is 9.64 Å².